The molecule has 0 saturated heterocycles. The number of hydrazone groups is 1. The van der Waals surface area contributed by atoms with E-state index in [-0.39, 0.29) is 5.91 Å². The summed E-state index contributed by atoms with van der Waals surface area (Å²) in [6, 6.07) is 7.62. The molecule has 1 aromatic carbocycles. The normalized spacial score (nSPS) is 17.1. The molecule has 4 heteroatoms. The standard InChI is InChI=1S/C21H33N3O/c1-24(2)20-16-14-18(15-17-20)21(25)23-22-19-12-10-8-6-4-3-5-7-9-11-13-19/h14-17H,3-13H2,1-2H3,(H,23,25). The number of rotatable bonds is 3. The highest BCUT2D eigenvalue weighted by molar-refractivity contribution is 5.95. The van der Waals surface area contributed by atoms with Crippen LogP contribution in [0.2, 0.25) is 0 Å². The van der Waals surface area contributed by atoms with Gasteiger partial charge in [-0.05, 0) is 49.9 Å². The molecule has 1 fully saturated rings. The molecule has 0 spiro atoms. The van der Waals surface area contributed by atoms with Gasteiger partial charge in [-0.25, -0.2) is 5.43 Å². The fourth-order valence-electron chi connectivity index (χ4n) is 3.24. The maximum absolute atomic E-state index is 12.3. The Bertz CT molecular complexity index is 535. The third-order valence-electron chi connectivity index (χ3n) is 4.89. The molecule has 0 aliphatic heterocycles. The number of nitrogens with zero attached hydrogens (tertiary/aromatic N) is 2. The smallest absolute Gasteiger partial charge is 0.271 e. The van der Waals surface area contributed by atoms with Crippen molar-refractivity contribution in [3.05, 3.63) is 29.8 Å². The SMILES string of the molecule is CN(C)c1ccc(C(=O)NN=C2CCCCCCCCCCC2)cc1. The van der Waals surface area contributed by atoms with Gasteiger partial charge in [-0.3, -0.25) is 4.79 Å². The zero-order valence-electron chi connectivity index (χ0n) is 15.9. The van der Waals surface area contributed by atoms with Crippen molar-refractivity contribution in [3.63, 3.8) is 0 Å². The van der Waals surface area contributed by atoms with Crippen molar-refractivity contribution in [1.29, 1.82) is 0 Å². The van der Waals surface area contributed by atoms with Crippen molar-refractivity contribution >= 4 is 17.3 Å². The summed E-state index contributed by atoms with van der Waals surface area (Å²) < 4.78 is 0. The van der Waals surface area contributed by atoms with Gasteiger partial charge in [0.05, 0.1) is 0 Å². The van der Waals surface area contributed by atoms with Crippen molar-refractivity contribution in [3.8, 4) is 0 Å². The van der Waals surface area contributed by atoms with Crippen LogP contribution < -0.4 is 10.3 Å². The molecule has 1 aromatic rings. The van der Waals surface area contributed by atoms with Crippen LogP contribution in [-0.4, -0.2) is 25.7 Å². The van der Waals surface area contributed by atoms with E-state index in [4.69, 9.17) is 0 Å². The Labute approximate surface area is 152 Å². The summed E-state index contributed by atoms with van der Waals surface area (Å²) in [5.74, 6) is -0.121. The average molecular weight is 344 g/mol. The first-order valence-electron chi connectivity index (χ1n) is 9.80. The van der Waals surface area contributed by atoms with E-state index >= 15 is 0 Å². The van der Waals surface area contributed by atoms with Gasteiger partial charge < -0.3 is 4.90 Å². The number of nitrogens with one attached hydrogen (secondary N) is 1. The maximum atomic E-state index is 12.3. The lowest BCUT2D eigenvalue weighted by Crippen LogP contribution is -2.20. The highest BCUT2D eigenvalue weighted by Gasteiger charge is 2.07. The van der Waals surface area contributed by atoms with Crippen molar-refractivity contribution in [2.75, 3.05) is 19.0 Å². The fraction of sp³-hybridized carbons (Fsp3) is 0.619. The lowest BCUT2D eigenvalue weighted by atomic mass is 10.00. The second-order valence-electron chi connectivity index (χ2n) is 7.24. The summed E-state index contributed by atoms with van der Waals surface area (Å²) in [5.41, 5.74) is 5.66. The molecular formula is C21H33N3O. The van der Waals surface area contributed by atoms with Gasteiger partial charge in [-0.1, -0.05) is 44.9 Å². The maximum Gasteiger partial charge on any atom is 0.271 e. The molecular weight excluding hydrogens is 310 g/mol. The summed E-state index contributed by atoms with van der Waals surface area (Å²) in [4.78, 5) is 14.3. The van der Waals surface area contributed by atoms with E-state index in [0.717, 1.165) is 24.2 Å². The van der Waals surface area contributed by atoms with E-state index in [0.29, 0.717) is 5.56 Å². The number of carbonyl (C=O) groups excluding carboxylic acids is 1. The first-order chi connectivity index (χ1) is 12.2. The summed E-state index contributed by atoms with van der Waals surface area (Å²) in [6.07, 6.45) is 13.7. The number of amides is 1. The van der Waals surface area contributed by atoms with Crippen molar-refractivity contribution < 1.29 is 4.79 Å². The molecule has 4 nitrogen and oxygen atoms in total. The number of carbonyl (C=O) groups is 1. The quantitative estimate of drug-likeness (QED) is 0.772. The monoisotopic (exact) mass is 343 g/mol. The van der Waals surface area contributed by atoms with Crippen molar-refractivity contribution in [2.45, 2.75) is 70.6 Å². The van der Waals surface area contributed by atoms with Crippen LogP contribution in [0.5, 0.6) is 0 Å². The average Bonchev–Trinajstić information content (AvgIpc) is 2.61. The minimum atomic E-state index is -0.121. The third kappa shape index (κ3) is 7.29. The van der Waals surface area contributed by atoms with Crippen molar-refractivity contribution in [1.82, 2.24) is 5.43 Å². The van der Waals surface area contributed by atoms with Gasteiger partial charge in [0.25, 0.3) is 5.91 Å². The number of anilines is 1. The second-order valence-corrected chi connectivity index (χ2v) is 7.24. The van der Waals surface area contributed by atoms with Crippen molar-refractivity contribution in [2.24, 2.45) is 5.10 Å². The molecule has 138 valence electrons. The van der Waals surface area contributed by atoms with E-state index in [9.17, 15) is 4.79 Å². The van der Waals surface area contributed by atoms with Gasteiger partial charge >= 0.3 is 0 Å². The Balaban J connectivity index is 1.90. The molecule has 0 atom stereocenters. The summed E-state index contributed by atoms with van der Waals surface area (Å²) in [7, 11) is 3.98. The lowest BCUT2D eigenvalue weighted by molar-refractivity contribution is 0.0954. The molecule has 1 amide bonds. The summed E-state index contributed by atoms with van der Waals surface area (Å²) in [5, 5.41) is 4.45. The highest BCUT2D eigenvalue weighted by atomic mass is 16.2. The molecule has 1 N–H and O–H groups in total. The van der Waals surface area contributed by atoms with E-state index in [1.165, 1.54) is 57.8 Å². The molecule has 0 bridgehead atoms. The van der Waals surface area contributed by atoms with E-state index in [1.807, 2.05) is 43.3 Å². The van der Waals surface area contributed by atoms with Gasteiger partial charge in [0, 0.05) is 31.1 Å². The Hall–Kier alpha value is -1.84. The van der Waals surface area contributed by atoms with Crippen LogP contribution >= 0.6 is 0 Å². The fourth-order valence-corrected chi connectivity index (χ4v) is 3.24. The Morgan fingerprint density at radius 1 is 0.840 bits per heavy atom. The molecule has 0 heterocycles. The Morgan fingerprint density at radius 2 is 1.32 bits per heavy atom. The minimum absolute atomic E-state index is 0.121. The summed E-state index contributed by atoms with van der Waals surface area (Å²) in [6.45, 7) is 0. The van der Waals surface area contributed by atoms with Gasteiger partial charge in [0.2, 0.25) is 0 Å². The molecule has 0 radical (unpaired) electrons. The van der Waals surface area contributed by atoms with Crippen LogP contribution in [0, 0.1) is 0 Å². The van der Waals surface area contributed by atoms with Gasteiger partial charge in [-0.2, -0.15) is 5.10 Å². The zero-order valence-corrected chi connectivity index (χ0v) is 15.9. The molecule has 1 saturated carbocycles. The third-order valence-corrected chi connectivity index (χ3v) is 4.89. The predicted molar refractivity (Wildman–Crippen MR) is 106 cm³/mol. The van der Waals surface area contributed by atoms with Gasteiger partial charge in [0.15, 0.2) is 0 Å². The molecule has 0 aromatic heterocycles. The Kier molecular flexibility index (Phi) is 8.50. The topological polar surface area (TPSA) is 44.7 Å². The molecule has 2 rings (SSSR count). The minimum Gasteiger partial charge on any atom is -0.378 e. The lowest BCUT2D eigenvalue weighted by Gasteiger charge is -2.12. The Morgan fingerprint density at radius 3 is 1.80 bits per heavy atom. The van der Waals surface area contributed by atoms with Crippen LogP contribution in [0.1, 0.15) is 81.0 Å². The number of hydrogen-bond acceptors (Lipinski definition) is 3. The van der Waals surface area contributed by atoms with Crippen LogP contribution in [0.15, 0.2) is 29.4 Å². The largest absolute Gasteiger partial charge is 0.378 e. The zero-order chi connectivity index (χ0) is 17.9. The number of hydrogen-bond donors (Lipinski definition) is 1. The summed E-state index contributed by atoms with van der Waals surface area (Å²) >= 11 is 0. The first kappa shape index (κ1) is 19.5. The first-order valence-corrected chi connectivity index (χ1v) is 9.80. The molecule has 1 aliphatic rings. The number of benzene rings is 1. The highest BCUT2D eigenvalue weighted by Crippen LogP contribution is 2.16. The van der Waals surface area contributed by atoms with E-state index in [1.54, 1.807) is 0 Å². The predicted octanol–water partition coefficient (Wildman–Crippen LogP) is 5.14. The second kappa shape index (κ2) is 10.9. The van der Waals surface area contributed by atoms with E-state index < -0.39 is 0 Å². The molecule has 1 aliphatic carbocycles. The van der Waals surface area contributed by atoms with Crippen LogP contribution in [-0.2, 0) is 0 Å². The van der Waals surface area contributed by atoms with Crippen LogP contribution in [0.25, 0.3) is 0 Å². The van der Waals surface area contributed by atoms with Gasteiger partial charge in [-0.15, -0.1) is 0 Å². The van der Waals surface area contributed by atoms with Crippen LogP contribution in [0.4, 0.5) is 5.69 Å². The van der Waals surface area contributed by atoms with Crippen LogP contribution in [0.3, 0.4) is 0 Å². The van der Waals surface area contributed by atoms with E-state index in [2.05, 4.69) is 10.5 Å². The van der Waals surface area contributed by atoms with Gasteiger partial charge in [0.1, 0.15) is 0 Å². The molecule has 25 heavy (non-hydrogen) atoms. The molecule has 0 unspecified atom stereocenters.